The van der Waals surface area contributed by atoms with E-state index >= 15 is 0 Å². The van der Waals surface area contributed by atoms with Gasteiger partial charge < -0.3 is 5.11 Å². The van der Waals surface area contributed by atoms with Crippen LogP contribution >= 0.6 is 10.7 Å². The fourth-order valence-corrected chi connectivity index (χ4v) is 1.80. The zero-order chi connectivity index (χ0) is 10.1. The van der Waals surface area contributed by atoms with Gasteiger partial charge in [-0.2, -0.15) is 0 Å². The first-order valence-electron chi connectivity index (χ1n) is 3.71. The van der Waals surface area contributed by atoms with Gasteiger partial charge in [-0.05, 0) is 30.2 Å². The van der Waals surface area contributed by atoms with E-state index in [1.165, 1.54) is 18.2 Å². The summed E-state index contributed by atoms with van der Waals surface area (Å²) >= 11 is 0. The SMILES string of the molecule is CCc1cc(S(=O)(=O)Cl)ccc1O. The highest BCUT2D eigenvalue weighted by atomic mass is 35.7. The van der Waals surface area contributed by atoms with Crippen molar-refractivity contribution in [3.8, 4) is 5.75 Å². The second-order valence-electron chi connectivity index (χ2n) is 2.58. The van der Waals surface area contributed by atoms with Gasteiger partial charge in [-0.3, -0.25) is 0 Å². The van der Waals surface area contributed by atoms with E-state index in [1.54, 1.807) is 0 Å². The lowest BCUT2D eigenvalue weighted by Gasteiger charge is -2.02. The average molecular weight is 221 g/mol. The maximum absolute atomic E-state index is 10.9. The van der Waals surface area contributed by atoms with E-state index in [4.69, 9.17) is 10.7 Å². The van der Waals surface area contributed by atoms with E-state index in [2.05, 4.69) is 0 Å². The van der Waals surface area contributed by atoms with Gasteiger partial charge >= 0.3 is 0 Å². The molecule has 0 spiro atoms. The number of phenols is 1. The molecule has 1 rings (SSSR count). The number of aromatic hydroxyl groups is 1. The van der Waals surface area contributed by atoms with E-state index in [0.717, 1.165) is 0 Å². The zero-order valence-electron chi connectivity index (χ0n) is 6.99. The van der Waals surface area contributed by atoms with Crippen molar-refractivity contribution in [2.45, 2.75) is 18.2 Å². The van der Waals surface area contributed by atoms with Crippen molar-refractivity contribution in [3.05, 3.63) is 23.8 Å². The van der Waals surface area contributed by atoms with Gasteiger partial charge in [0.1, 0.15) is 5.75 Å². The van der Waals surface area contributed by atoms with Crippen LogP contribution in [0.3, 0.4) is 0 Å². The minimum absolute atomic E-state index is 0.0174. The normalized spacial score (nSPS) is 11.5. The predicted octanol–water partition coefficient (Wildman–Crippen LogP) is 1.88. The highest BCUT2D eigenvalue weighted by molar-refractivity contribution is 8.13. The molecule has 3 nitrogen and oxygen atoms in total. The summed E-state index contributed by atoms with van der Waals surface area (Å²) in [4.78, 5) is 0.0174. The molecule has 0 aliphatic heterocycles. The summed E-state index contributed by atoms with van der Waals surface area (Å²) in [5, 5.41) is 9.26. The van der Waals surface area contributed by atoms with Crippen LogP contribution in [-0.4, -0.2) is 13.5 Å². The van der Waals surface area contributed by atoms with Gasteiger partial charge in [0.15, 0.2) is 0 Å². The molecule has 1 aromatic carbocycles. The third-order valence-corrected chi connectivity index (χ3v) is 3.06. The topological polar surface area (TPSA) is 54.4 Å². The molecule has 0 aromatic heterocycles. The summed E-state index contributed by atoms with van der Waals surface area (Å²) in [7, 11) is 1.44. The largest absolute Gasteiger partial charge is 0.508 e. The maximum Gasteiger partial charge on any atom is 0.261 e. The van der Waals surface area contributed by atoms with E-state index in [0.29, 0.717) is 12.0 Å². The Morgan fingerprint density at radius 3 is 2.54 bits per heavy atom. The molecule has 0 saturated carbocycles. The van der Waals surface area contributed by atoms with Gasteiger partial charge in [0.25, 0.3) is 9.05 Å². The molecule has 0 atom stereocenters. The minimum Gasteiger partial charge on any atom is -0.508 e. The number of aryl methyl sites for hydroxylation is 1. The smallest absolute Gasteiger partial charge is 0.261 e. The molecule has 0 amide bonds. The number of hydrogen-bond donors (Lipinski definition) is 1. The lowest BCUT2D eigenvalue weighted by molar-refractivity contribution is 0.468. The van der Waals surface area contributed by atoms with Crippen molar-refractivity contribution in [3.63, 3.8) is 0 Å². The number of benzene rings is 1. The molecule has 72 valence electrons. The summed E-state index contributed by atoms with van der Waals surface area (Å²) in [6.07, 6.45) is 0.562. The minimum atomic E-state index is -3.69. The lowest BCUT2D eigenvalue weighted by atomic mass is 10.1. The number of halogens is 1. The van der Waals surface area contributed by atoms with Gasteiger partial charge in [-0.25, -0.2) is 8.42 Å². The van der Waals surface area contributed by atoms with Crippen molar-refractivity contribution in [2.75, 3.05) is 0 Å². The Bertz CT molecular complexity index is 411. The summed E-state index contributed by atoms with van der Waals surface area (Å²) in [6, 6.07) is 3.97. The van der Waals surface area contributed by atoms with Crippen LogP contribution in [0.25, 0.3) is 0 Å². The molecule has 13 heavy (non-hydrogen) atoms. The second kappa shape index (κ2) is 3.55. The molecule has 1 N–H and O–H groups in total. The molecule has 0 saturated heterocycles. The zero-order valence-corrected chi connectivity index (χ0v) is 8.56. The first-order valence-corrected chi connectivity index (χ1v) is 6.02. The fraction of sp³-hybridized carbons (Fsp3) is 0.250. The van der Waals surface area contributed by atoms with Crippen molar-refractivity contribution < 1.29 is 13.5 Å². The molecule has 0 bridgehead atoms. The van der Waals surface area contributed by atoms with E-state index in [-0.39, 0.29) is 10.6 Å². The predicted molar refractivity (Wildman–Crippen MR) is 50.5 cm³/mol. The van der Waals surface area contributed by atoms with Gasteiger partial charge in [0.2, 0.25) is 0 Å². The Labute approximate surface area is 81.4 Å². The standard InChI is InChI=1S/C8H9ClO3S/c1-2-6-5-7(13(9,11)12)3-4-8(6)10/h3-5,10H,2H2,1H3. The Balaban J connectivity index is 3.30. The summed E-state index contributed by atoms with van der Waals surface area (Å²) in [5.41, 5.74) is 0.571. The Morgan fingerprint density at radius 1 is 1.46 bits per heavy atom. The summed E-state index contributed by atoms with van der Waals surface area (Å²) in [6.45, 7) is 1.82. The molecule has 0 fully saturated rings. The van der Waals surface area contributed by atoms with Crippen LogP contribution in [0.15, 0.2) is 23.1 Å². The third kappa shape index (κ3) is 2.35. The monoisotopic (exact) mass is 220 g/mol. The summed E-state index contributed by atoms with van der Waals surface area (Å²) < 4.78 is 21.8. The van der Waals surface area contributed by atoms with E-state index < -0.39 is 9.05 Å². The number of rotatable bonds is 2. The van der Waals surface area contributed by atoms with Crippen molar-refractivity contribution in [1.29, 1.82) is 0 Å². The Kier molecular flexibility index (Phi) is 2.83. The molecule has 0 aliphatic carbocycles. The van der Waals surface area contributed by atoms with Gasteiger partial charge in [0.05, 0.1) is 4.90 Å². The number of hydrogen-bond acceptors (Lipinski definition) is 3. The highest BCUT2D eigenvalue weighted by Gasteiger charge is 2.11. The van der Waals surface area contributed by atoms with Gasteiger partial charge in [-0.1, -0.05) is 6.92 Å². The van der Waals surface area contributed by atoms with E-state index in [1.807, 2.05) is 6.92 Å². The lowest BCUT2D eigenvalue weighted by Crippen LogP contribution is -1.92. The first-order chi connectivity index (χ1) is 5.95. The van der Waals surface area contributed by atoms with E-state index in [9.17, 15) is 13.5 Å². The molecule has 0 heterocycles. The van der Waals surface area contributed by atoms with Crippen LogP contribution in [0.2, 0.25) is 0 Å². The maximum atomic E-state index is 10.9. The average Bonchev–Trinajstić information content (AvgIpc) is 2.03. The quantitative estimate of drug-likeness (QED) is 0.775. The third-order valence-electron chi connectivity index (χ3n) is 1.71. The van der Waals surface area contributed by atoms with Crippen molar-refractivity contribution >= 4 is 19.7 Å². The van der Waals surface area contributed by atoms with Crippen LogP contribution < -0.4 is 0 Å². The molecular weight excluding hydrogens is 212 g/mol. The molecule has 1 aromatic rings. The second-order valence-corrected chi connectivity index (χ2v) is 5.15. The molecule has 5 heteroatoms. The van der Waals surface area contributed by atoms with Crippen LogP contribution in [0.4, 0.5) is 0 Å². The Hall–Kier alpha value is -0.740. The van der Waals surface area contributed by atoms with Gasteiger partial charge in [0, 0.05) is 10.7 Å². The molecule has 0 unspecified atom stereocenters. The van der Waals surface area contributed by atoms with Crippen LogP contribution in [-0.2, 0) is 15.5 Å². The van der Waals surface area contributed by atoms with Crippen molar-refractivity contribution in [2.24, 2.45) is 0 Å². The van der Waals surface area contributed by atoms with Gasteiger partial charge in [-0.15, -0.1) is 0 Å². The summed E-state index contributed by atoms with van der Waals surface area (Å²) in [5.74, 6) is 0.0894. The van der Waals surface area contributed by atoms with Crippen LogP contribution in [0, 0.1) is 0 Å². The fourth-order valence-electron chi connectivity index (χ4n) is 0.997. The number of phenolic OH excluding ortho intramolecular Hbond substituents is 1. The van der Waals surface area contributed by atoms with Crippen molar-refractivity contribution in [1.82, 2.24) is 0 Å². The highest BCUT2D eigenvalue weighted by Crippen LogP contribution is 2.23. The molecule has 0 aliphatic rings. The molecular formula is C8H9ClO3S. The van der Waals surface area contributed by atoms with Crippen LogP contribution in [0.1, 0.15) is 12.5 Å². The Morgan fingerprint density at radius 2 is 2.08 bits per heavy atom. The first kappa shape index (κ1) is 10.3. The van der Waals surface area contributed by atoms with Crippen LogP contribution in [0.5, 0.6) is 5.75 Å². The molecule has 0 radical (unpaired) electrons.